The van der Waals surface area contributed by atoms with Crippen molar-refractivity contribution in [2.45, 2.75) is 11.3 Å². The van der Waals surface area contributed by atoms with Gasteiger partial charge in [-0.1, -0.05) is 12.1 Å². The minimum absolute atomic E-state index is 0.115. The molecule has 3 nitrogen and oxygen atoms in total. The van der Waals surface area contributed by atoms with E-state index in [0.717, 1.165) is 11.6 Å². The molecule has 0 fully saturated rings. The van der Waals surface area contributed by atoms with Gasteiger partial charge in [-0.25, -0.2) is 12.8 Å². The van der Waals surface area contributed by atoms with Gasteiger partial charge in [-0.05, 0) is 58.2 Å². The second-order valence-corrected chi connectivity index (χ2v) is 7.23. The minimum atomic E-state index is -3.74. The first-order chi connectivity index (χ1) is 9.92. The fraction of sp³-hybridized carbons (Fsp3) is 0.143. The highest BCUT2D eigenvalue weighted by molar-refractivity contribution is 9.10. The third-order valence-electron chi connectivity index (χ3n) is 2.79. The number of benzene rings is 2. The molecule has 2 aromatic carbocycles. The third-order valence-corrected chi connectivity index (χ3v) is 5.02. The molecule has 21 heavy (non-hydrogen) atoms. The average Bonchev–Trinajstić information content (AvgIpc) is 2.44. The molecule has 0 spiro atoms. The number of rotatable bonds is 5. The number of alkyl halides is 1. The van der Waals surface area contributed by atoms with Crippen molar-refractivity contribution in [3.05, 3.63) is 58.3 Å². The first-order valence-corrected chi connectivity index (χ1v) is 8.86. The maximum Gasteiger partial charge on any atom is 0.261 e. The van der Waals surface area contributed by atoms with Crippen LogP contribution in [0.5, 0.6) is 0 Å². The predicted octanol–water partition coefficient (Wildman–Crippen LogP) is 4.17. The average molecular weight is 393 g/mol. The first-order valence-electron chi connectivity index (χ1n) is 6.05. The maximum atomic E-state index is 13.4. The molecule has 7 heteroatoms. The summed E-state index contributed by atoms with van der Waals surface area (Å²) >= 11 is 8.64. The van der Waals surface area contributed by atoms with Crippen molar-refractivity contribution < 1.29 is 12.8 Å². The lowest BCUT2D eigenvalue weighted by Gasteiger charge is -2.09. The highest BCUT2D eigenvalue weighted by atomic mass is 79.9. The monoisotopic (exact) mass is 391 g/mol. The van der Waals surface area contributed by atoms with E-state index in [1.54, 1.807) is 12.1 Å². The Bertz CT molecular complexity index is 735. The topological polar surface area (TPSA) is 46.2 Å². The van der Waals surface area contributed by atoms with E-state index in [9.17, 15) is 12.8 Å². The van der Waals surface area contributed by atoms with Crippen LogP contribution in [0.25, 0.3) is 0 Å². The van der Waals surface area contributed by atoms with E-state index in [4.69, 9.17) is 11.6 Å². The van der Waals surface area contributed by atoms with Gasteiger partial charge in [0.25, 0.3) is 10.0 Å². The smallest absolute Gasteiger partial charge is 0.261 e. The SMILES string of the molecule is O=S(=O)(Nc1ccc(Br)c(F)c1)c1ccc(CCCl)cc1. The fourth-order valence-electron chi connectivity index (χ4n) is 1.72. The molecule has 1 N–H and O–H groups in total. The molecule has 2 aromatic rings. The molecule has 0 aromatic heterocycles. The van der Waals surface area contributed by atoms with Crippen molar-refractivity contribution in [3.8, 4) is 0 Å². The van der Waals surface area contributed by atoms with E-state index < -0.39 is 15.8 Å². The summed E-state index contributed by atoms with van der Waals surface area (Å²) < 4.78 is 40.4. The van der Waals surface area contributed by atoms with Crippen LogP contribution >= 0.6 is 27.5 Å². The molecule has 0 heterocycles. The van der Waals surface area contributed by atoms with Crippen LogP contribution in [0.3, 0.4) is 0 Å². The van der Waals surface area contributed by atoms with Crippen LogP contribution in [0.15, 0.2) is 51.8 Å². The normalized spacial score (nSPS) is 11.4. The zero-order valence-corrected chi connectivity index (χ0v) is 14.0. The van der Waals surface area contributed by atoms with E-state index >= 15 is 0 Å². The van der Waals surface area contributed by atoms with Crippen LogP contribution in [0.2, 0.25) is 0 Å². The second kappa shape index (κ2) is 6.77. The Morgan fingerprint density at radius 2 is 1.81 bits per heavy atom. The van der Waals surface area contributed by atoms with E-state index in [-0.39, 0.29) is 15.1 Å². The molecule has 0 aliphatic rings. The number of anilines is 1. The maximum absolute atomic E-state index is 13.4. The number of halogens is 3. The lowest BCUT2D eigenvalue weighted by Crippen LogP contribution is -2.13. The molecule has 0 saturated heterocycles. The Morgan fingerprint density at radius 3 is 2.38 bits per heavy atom. The summed E-state index contributed by atoms with van der Waals surface area (Å²) in [6.45, 7) is 0. The number of nitrogens with one attached hydrogen (secondary N) is 1. The van der Waals surface area contributed by atoms with Crippen molar-refractivity contribution in [1.82, 2.24) is 0 Å². The molecule has 0 aliphatic carbocycles. The van der Waals surface area contributed by atoms with Gasteiger partial charge in [0, 0.05) is 5.88 Å². The molecule has 2 rings (SSSR count). The Hall–Kier alpha value is -1.11. The summed E-state index contributed by atoms with van der Waals surface area (Å²) in [6, 6.07) is 10.4. The molecule has 0 radical (unpaired) electrons. The molecular weight excluding hydrogens is 381 g/mol. The van der Waals surface area contributed by atoms with Crippen molar-refractivity contribution >= 4 is 43.2 Å². The zero-order valence-electron chi connectivity index (χ0n) is 10.8. The van der Waals surface area contributed by atoms with Gasteiger partial charge in [0.1, 0.15) is 5.82 Å². The van der Waals surface area contributed by atoms with Crippen LogP contribution in [0.1, 0.15) is 5.56 Å². The van der Waals surface area contributed by atoms with Crippen molar-refractivity contribution in [1.29, 1.82) is 0 Å². The van der Waals surface area contributed by atoms with Crippen molar-refractivity contribution in [2.75, 3.05) is 10.6 Å². The van der Waals surface area contributed by atoms with Gasteiger partial charge >= 0.3 is 0 Å². The molecule has 0 amide bonds. The number of hydrogen-bond donors (Lipinski definition) is 1. The summed E-state index contributed by atoms with van der Waals surface area (Å²) in [5, 5.41) is 0. The first kappa shape index (κ1) is 16.3. The van der Waals surface area contributed by atoms with Gasteiger partial charge in [0.2, 0.25) is 0 Å². The Balaban J connectivity index is 2.23. The van der Waals surface area contributed by atoms with Crippen molar-refractivity contribution in [3.63, 3.8) is 0 Å². The fourth-order valence-corrected chi connectivity index (χ4v) is 3.23. The summed E-state index contributed by atoms with van der Waals surface area (Å²) in [7, 11) is -3.74. The Morgan fingerprint density at radius 1 is 1.14 bits per heavy atom. The predicted molar refractivity (Wildman–Crippen MR) is 85.8 cm³/mol. The molecule has 0 bridgehead atoms. The van der Waals surface area contributed by atoms with Crippen LogP contribution in [0.4, 0.5) is 10.1 Å². The number of aryl methyl sites for hydroxylation is 1. The van der Waals surface area contributed by atoms with Gasteiger partial charge < -0.3 is 0 Å². The highest BCUT2D eigenvalue weighted by Gasteiger charge is 2.14. The zero-order chi connectivity index (χ0) is 15.5. The van der Waals surface area contributed by atoms with Crippen LogP contribution in [-0.4, -0.2) is 14.3 Å². The van der Waals surface area contributed by atoms with E-state index in [2.05, 4.69) is 20.7 Å². The molecule has 0 saturated carbocycles. The molecular formula is C14H12BrClFNO2S. The van der Waals surface area contributed by atoms with Crippen LogP contribution < -0.4 is 4.72 Å². The quantitative estimate of drug-likeness (QED) is 0.776. The Labute approximate surface area is 136 Å². The van der Waals surface area contributed by atoms with E-state index in [1.165, 1.54) is 24.3 Å². The number of hydrogen-bond acceptors (Lipinski definition) is 2. The van der Waals surface area contributed by atoms with Gasteiger partial charge in [-0.15, -0.1) is 11.6 Å². The molecule has 112 valence electrons. The van der Waals surface area contributed by atoms with Gasteiger partial charge in [-0.3, -0.25) is 4.72 Å². The summed E-state index contributed by atoms with van der Waals surface area (Å²) in [4.78, 5) is 0.115. The number of sulfonamides is 1. The van der Waals surface area contributed by atoms with Crippen LogP contribution in [-0.2, 0) is 16.4 Å². The standard InChI is InChI=1S/C14H12BrClFNO2S/c15-13-6-3-11(9-14(13)17)18-21(19,20)12-4-1-10(2-5-12)7-8-16/h1-6,9,18H,7-8H2. The molecule has 0 unspecified atom stereocenters. The summed E-state index contributed by atoms with van der Waals surface area (Å²) in [5.41, 5.74) is 1.12. The lowest BCUT2D eigenvalue weighted by atomic mass is 10.2. The molecule has 0 atom stereocenters. The Kier molecular flexibility index (Phi) is 5.24. The summed E-state index contributed by atoms with van der Waals surface area (Å²) in [6.07, 6.45) is 0.674. The van der Waals surface area contributed by atoms with Crippen LogP contribution in [0, 0.1) is 5.82 Å². The van der Waals surface area contributed by atoms with E-state index in [0.29, 0.717) is 12.3 Å². The van der Waals surface area contributed by atoms with Crippen molar-refractivity contribution in [2.24, 2.45) is 0 Å². The molecule has 0 aliphatic heterocycles. The third kappa shape index (κ3) is 4.18. The highest BCUT2D eigenvalue weighted by Crippen LogP contribution is 2.22. The minimum Gasteiger partial charge on any atom is -0.280 e. The van der Waals surface area contributed by atoms with Gasteiger partial charge in [0.15, 0.2) is 0 Å². The summed E-state index contributed by atoms with van der Waals surface area (Å²) in [5.74, 6) is -0.0599. The second-order valence-electron chi connectivity index (χ2n) is 4.32. The van der Waals surface area contributed by atoms with Gasteiger partial charge in [0.05, 0.1) is 15.1 Å². The largest absolute Gasteiger partial charge is 0.280 e. The van der Waals surface area contributed by atoms with E-state index in [1.807, 2.05) is 0 Å². The lowest BCUT2D eigenvalue weighted by molar-refractivity contribution is 0.601. The van der Waals surface area contributed by atoms with Gasteiger partial charge in [-0.2, -0.15) is 0 Å².